The number of halogens is 6. The predicted octanol–water partition coefficient (Wildman–Crippen LogP) is 1.71. The van der Waals surface area contributed by atoms with Crippen molar-refractivity contribution in [1.82, 2.24) is 5.01 Å². The summed E-state index contributed by atoms with van der Waals surface area (Å²) in [7, 11) is 0.912. The molecule has 0 bridgehead atoms. The van der Waals surface area contributed by atoms with E-state index >= 15 is 0 Å². The van der Waals surface area contributed by atoms with Gasteiger partial charge >= 0.3 is 18.3 Å². The molecule has 104 valence electrons. The van der Waals surface area contributed by atoms with E-state index in [9.17, 15) is 31.1 Å². The van der Waals surface area contributed by atoms with Crippen LogP contribution in [0.3, 0.4) is 0 Å². The second-order valence-electron chi connectivity index (χ2n) is 3.48. The molecule has 0 spiro atoms. The summed E-state index contributed by atoms with van der Waals surface area (Å²) in [5.74, 6) is -1.10. The first-order valence-electron chi connectivity index (χ1n) is 4.60. The summed E-state index contributed by atoms with van der Waals surface area (Å²) in [6.07, 6.45) is -11.2. The molecule has 0 amide bonds. The number of carbonyl (C=O) groups is 1. The molecule has 1 unspecified atom stereocenters. The zero-order chi connectivity index (χ0) is 14.1. The lowest BCUT2D eigenvalue weighted by Crippen LogP contribution is -2.42. The minimum atomic E-state index is -4.95. The fourth-order valence-electron chi connectivity index (χ4n) is 1.35. The number of esters is 1. The summed E-state index contributed by atoms with van der Waals surface area (Å²) in [5, 5.41) is 2.85. The van der Waals surface area contributed by atoms with E-state index in [1.165, 1.54) is 0 Å². The van der Waals surface area contributed by atoms with Gasteiger partial charge in [-0.3, -0.25) is 9.80 Å². The number of nitrogens with zero attached hydrogens (tertiary/aromatic N) is 2. The molecule has 1 aliphatic heterocycles. The van der Waals surface area contributed by atoms with Crippen LogP contribution in [0.2, 0.25) is 0 Å². The van der Waals surface area contributed by atoms with Crippen molar-refractivity contribution in [1.29, 1.82) is 0 Å². The lowest BCUT2D eigenvalue weighted by atomic mass is 10.1. The molecule has 0 saturated heterocycles. The molecule has 1 aliphatic rings. The van der Waals surface area contributed by atoms with Crippen molar-refractivity contribution in [3.05, 3.63) is 0 Å². The normalized spacial score (nSPS) is 20.9. The van der Waals surface area contributed by atoms with Crippen LogP contribution in [0.15, 0.2) is 5.10 Å². The number of methoxy groups -OCH3 is 1. The van der Waals surface area contributed by atoms with Crippen LogP contribution in [0.25, 0.3) is 0 Å². The maximum atomic E-state index is 12.5. The summed E-state index contributed by atoms with van der Waals surface area (Å²) in [5.41, 5.74) is -1.56. The first kappa shape index (κ1) is 14.6. The monoisotopic (exact) mass is 278 g/mol. The summed E-state index contributed by atoms with van der Waals surface area (Å²) in [6, 6.07) is -2.46. The van der Waals surface area contributed by atoms with Gasteiger partial charge in [0.25, 0.3) is 0 Å². The lowest BCUT2D eigenvalue weighted by Gasteiger charge is -2.24. The number of hydrazone groups is 1. The summed E-state index contributed by atoms with van der Waals surface area (Å²) >= 11 is 0. The highest BCUT2D eigenvalue weighted by molar-refractivity contribution is 5.91. The molecule has 4 nitrogen and oxygen atoms in total. The first-order chi connectivity index (χ1) is 8.05. The molecule has 0 fully saturated rings. The fraction of sp³-hybridized carbons (Fsp3) is 0.750. The quantitative estimate of drug-likeness (QED) is 0.570. The number of alkyl halides is 6. The van der Waals surface area contributed by atoms with Gasteiger partial charge in [-0.2, -0.15) is 31.4 Å². The van der Waals surface area contributed by atoms with E-state index < -0.39 is 43.0 Å². The molecular weight excluding hydrogens is 270 g/mol. The molecule has 1 rings (SSSR count). The van der Waals surface area contributed by atoms with Gasteiger partial charge in [0, 0.05) is 6.42 Å². The molecule has 1 heterocycles. The van der Waals surface area contributed by atoms with Crippen LogP contribution in [0.4, 0.5) is 26.3 Å². The smallest absolute Gasteiger partial charge is 0.431 e. The van der Waals surface area contributed by atoms with Gasteiger partial charge in [0.1, 0.15) is 18.3 Å². The van der Waals surface area contributed by atoms with Crippen LogP contribution in [-0.4, -0.2) is 48.7 Å². The molecule has 0 aromatic rings. The number of hydrogen-bond acceptors (Lipinski definition) is 4. The molecule has 18 heavy (non-hydrogen) atoms. The average Bonchev–Trinajstić information content (AvgIpc) is 2.60. The third-order valence-electron chi connectivity index (χ3n) is 2.22. The number of carbonyl (C=O) groups excluding carboxylic acids is 1. The minimum Gasteiger partial charge on any atom is -0.468 e. The molecule has 1 atom stereocenters. The number of hydrogen-bond donors (Lipinski definition) is 0. The summed E-state index contributed by atoms with van der Waals surface area (Å²) in [6.45, 7) is -0.986. The molecule has 0 saturated carbocycles. The SMILES string of the molecule is COC(=O)CN1N=C(C(F)(F)F)CC1C(F)(F)F. The fourth-order valence-corrected chi connectivity index (χ4v) is 1.35. The Hall–Kier alpha value is -1.48. The van der Waals surface area contributed by atoms with E-state index in [1.54, 1.807) is 0 Å². The van der Waals surface area contributed by atoms with Gasteiger partial charge < -0.3 is 4.74 Å². The highest BCUT2D eigenvalue weighted by Crippen LogP contribution is 2.35. The van der Waals surface area contributed by atoms with Crippen LogP contribution >= 0.6 is 0 Å². The van der Waals surface area contributed by atoms with Crippen molar-refractivity contribution in [2.75, 3.05) is 13.7 Å². The van der Waals surface area contributed by atoms with Crippen LogP contribution in [0, 0.1) is 0 Å². The highest BCUT2D eigenvalue weighted by Gasteiger charge is 2.53. The highest BCUT2D eigenvalue weighted by atomic mass is 19.4. The van der Waals surface area contributed by atoms with E-state index in [2.05, 4.69) is 9.84 Å². The van der Waals surface area contributed by atoms with Crippen molar-refractivity contribution in [2.24, 2.45) is 5.10 Å². The largest absolute Gasteiger partial charge is 0.468 e. The van der Waals surface area contributed by atoms with Crippen LogP contribution in [0.5, 0.6) is 0 Å². The van der Waals surface area contributed by atoms with E-state index in [4.69, 9.17) is 0 Å². The Kier molecular flexibility index (Phi) is 3.77. The summed E-state index contributed by atoms with van der Waals surface area (Å²) in [4.78, 5) is 10.8. The maximum Gasteiger partial charge on any atom is 0.431 e. The molecule has 0 aliphatic carbocycles. The Morgan fingerprint density at radius 1 is 1.39 bits per heavy atom. The van der Waals surface area contributed by atoms with Gasteiger partial charge in [-0.25, -0.2) is 0 Å². The predicted molar refractivity (Wildman–Crippen MR) is 46.7 cm³/mol. The molecular formula is C8H8F6N2O2. The van der Waals surface area contributed by atoms with Crippen molar-refractivity contribution in [3.8, 4) is 0 Å². The third kappa shape index (κ3) is 3.26. The Balaban J connectivity index is 2.92. The third-order valence-corrected chi connectivity index (χ3v) is 2.22. The Bertz CT molecular complexity index is 362. The van der Waals surface area contributed by atoms with Crippen LogP contribution in [-0.2, 0) is 9.53 Å². The van der Waals surface area contributed by atoms with Crippen LogP contribution < -0.4 is 0 Å². The van der Waals surface area contributed by atoms with Gasteiger partial charge in [0.05, 0.1) is 7.11 Å². The average molecular weight is 278 g/mol. The number of ether oxygens (including phenoxy) is 1. The summed E-state index contributed by atoms with van der Waals surface area (Å²) < 4.78 is 78.4. The Labute approximate surface area is 97.2 Å². The van der Waals surface area contributed by atoms with E-state index in [0.717, 1.165) is 7.11 Å². The molecule has 10 heteroatoms. The van der Waals surface area contributed by atoms with E-state index in [-0.39, 0.29) is 5.01 Å². The van der Waals surface area contributed by atoms with Crippen molar-refractivity contribution in [2.45, 2.75) is 24.8 Å². The van der Waals surface area contributed by atoms with Gasteiger partial charge in [0.15, 0.2) is 0 Å². The maximum absolute atomic E-state index is 12.5. The zero-order valence-electron chi connectivity index (χ0n) is 8.97. The second-order valence-corrected chi connectivity index (χ2v) is 3.48. The van der Waals surface area contributed by atoms with Crippen LogP contribution in [0.1, 0.15) is 6.42 Å². The molecule has 0 aromatic heterocycles. The van der Waals surface area contributed by atoms with Crippen molar-refractivity contribution in [3.63, 3.8) is 0 Å². The Morgan fingerprint density at radius 3 is 2.33 bits per heavy atom. The minimum absolute atomic E-state index is 0.0503. The van der Waals surface area contributed by atoms with Gasteiger partial charge in [0.2, 0.25) is 0 Å². The Morgan fingerprint density at radius 2 is 1.94 bits per heavy atom. The van der Waals surface area contributed by atoms with E-state index in [0.29, 0.717) is 0 Å². The zero-order valence-corrected chi connectivity index (χ0v) is 8.97. The van der Waals surface area contributed by atoms with Gasteiger partial charge in [-0.15, -0.1) is 0 Å². The molecule has 0 radical (unpaired) electrons. The van der Waals surface area contributed by atoms with Crippen molar-refractivity contribution >= 4 is 11.7 Å². The van der Waals surface area contributed by atoms with E-state index in [1.807, 2.05) is 0 Å². The van der Waals surface area contributed by atoms with Crippen molar-refractivity contribution < 1.29 is 35.9 Å². The second kappa shape index (κ2) is 4.65. The van der Waals surface area contributed by atoms with Gasteiger partial charge in [-0.1, -0.05) is 0 Å². The lowest BCUT2D eigenvalue weighted by molar-refractivity contribution is -0.181. The van der Waals surface area contributed by atoms with Gasteiger partial charge in [-0.05, 0) is 0 Å². The first-order valence-corrected chi connectivity index (χ1v) is 4.60. The molecule has 0 aromatic carbocycles. The number of rotatable bonds is 2. The molecule has 0 N–H and O–H groups in total. The topological polar surface area (TPSA) is 41.9 Å². The standard InChI is InChI=1S/C8H8F6N2O2/c1-18-6(17)3-16-5(8(12,13)14)2-4(15-16)7(9,10)11/h5H,2-3H2,1H3.